The number of hydrogen-bond acceptors (Lipinski definition) is 6. The number of benzene rings is 3. The van der Waals surface area contributed by atoms with Crippen molar-refractivity contribution in [3.05, 3.63) is 82.9 Å². The van der Waals surface area contributed by atoms with E-state index < -0.39 is 28.5 Å². The van der Waals surface area contributed by atoms with Gasteiger partial charge in [0.05, 0.1) is 24.8 Å². The minimum atomic E-state index is -4.27. The fourth-order valence-electron chi connectivity index (χ4n) is 4.95. The summed E-state index contributed by atoms with van der Waals surface area (Å²) in [5, 5.41) is 2.82. The fraction of sp³-hybridized carbons (Fsp3) is 0.375. The molecule has 0 aromatic heterocycles. The van der Waals surface area contributed by atoms with E-state index in [4.69, 9.17) is 9.47 Å². The molecule has 0 fully saturated rings. The topological polar surface area (TPSA) is 105 Å². The third kappa shape index (κ3) is 7.61. The number of carbonyl (C=O) groups is 2. The maximum absolute atomic E-state index is 14.2. The van der Waals surface area contributed by atoms with E-state index in [2.05, 4.69) is 5.32 Å². The largest absolute Gasteiger partial charge is 0.493 e. The second kappa shape index (κ2) is 14.2. The molecule has 0 saturated heterocycles. The zero-order chi connectivity index (χ0) is 31.0. The smallest absolute Gasteiger partial charge is 0.264 e. The number of amides is 2. The number of likely N-dealkylation sites (N-methyl/N-ethyl adjacent to an activating group) is 1. The van der Waals surface area contributed by atoms with Crippen LogP contribution in [0, 0.1) is 20.8 Å². The lowest BCUT2D eigenvalue weighted by Gasteiger charge is -2.33. The zero-order valence-electron chi connectivity index (χ0n) is 25.4. The van der Waals surface area contributed by atoms with Crippen LogP contribution in [0.2, 0.25) is 0 Å². The van der Waals surface area contributed by atoms with Crippen molar-refractivity contribution in [3.63, 3.8) is 0 Å². The van der Waals surface area contributed by atoms with Crippen molar-refractivity contribution >= 4 is 27.5 Å². The Morgan fingerprint density at radius 2 is 1.52 bits per heavy atom. The molecule has 1 atom stereocenters. The van der Waals surface area contributed by atoms with Crippen molar-refractivity contribution in [1.29, 1.82) is 0 Å². The van der Waals surface area contributed by atoms with E-state index in [1.165, 1.54) is 37.3 Å². The van der Waals surface area contributed by atoms with Crippen LogP contribution in [0.5, 0.6) is 11.5 Å². The highest BCUT2D eigenvalue weighted by Crippen LogP contribution is 2.33. The maximum Gasteiger partial charge on any atom is 0.264 e. The van der Waals surface area contributed by atoms with Crippen molar-refractivity contribution in [3.8, 4) is 11.5 Å². The van der Waals surface area contributed by atoms with Crippen LogP contribution in [-0.2, 0) is 26.2 Å². The molecule has 10 heteroatoms. The summed E-state index contributed by atoms with van der Waals surface area (Å²) in [5.41, 5.74) is 3.88. The molecule has 0 aliphatic rings. The Morgan fingerprint density at radius 1 is 0.857 bits per heavy atom. The van der Waals surface area contributed by atoms with Gasteiger partial charge in [-0.05, 0) is 75.1 Å². The Bertz CT molecular complexity index is 1500. The molecular weight excluding hydrogens is 554 g/mol. The quantitative estimate of drug-likeness (QED) is 0.305. The predicted octanol–water partition coefficient (Wildman–Crippen LogP) is 4.77. The number of carbonyl (C=O) groups excluding carboxylic acids is 2. The average molecular weight is 596 g/mol. The molecular formula is C32H41N3O6S. The van der Waals surface area contributed by atoms with Crippen LogP contribution < -0.4 is 19.1 Å². The molecule has 9 nitrogen and oxygen atoms in total. The molecule has 3 aromatic rings. The van der Waals surface area contributed by atoms with Gasteiger partial charge in [-0.15, -0.1) is 0 Å². The van der Waals surface area contributed by atoms with Gasteiger partial charge in [-0.1, -0.05) is 42.8 Å². The van der Waals surface area contributed by atoms with E-state index in [-0.39, 0.29) is 23.1 Å². The molecule has 0 radical (unpaired) electrons. The van der Waals surface area contributed by atoms with Crippen LogP contribution in [0.1, 0.15) is 42.5 Å². The van der Waals surface area contributed by atoms with Crippen LogP contribution in [0.15, 0.2) is 65.6 Å². The van der Waals surface area contributed by atoms with Gasteiger partial charge in [0, 0.05) is 19.2 Å². The van der Waals surface area contributed by atoms with Crippen LogP contribution in [0.4, 0.5) is 5.69 Å². The average Bonchev–Trinajstić information content (AvgIpc) is 2.94. The van der Waals surface area contributed by atoms with Crippen molar-refractivity contribution < 1.29 is 27.5 Å². The van der Waals surface area contributed by atoms with Gasteiger partial charge in [0.15, 0.2) is 11.5 Å². The number of nitrogens with one attached hydrogen (secondary N) is 1. The highest BCUT2D eigenvalue weighted by atomic mass is 32.2. The molecule has 3 aromatic carbocycles. The zero-order valence-corrected chi connectivity index (χ0v) is 26.2. The standard InChI is InChI=1S/C32H41N3O6S/c1-8-28(32(37)33-9-2)34(20-25-12-10-11-22(3)16-25)31(36)21-35(26-17-23(4)15-24(5)18-26)42(38,39)27-13-14-29(40-6)30(19-27)41-7/h10-19,28H,8-9,20-21H2,1-7H3,(H,33,37). The van der Waals surface area contributed by atoms with E-state index in [0.29, 0.717) is 24.4 Å². The Kier molecular flexibility index (Phi) is 11.0. The van der Waals surface area contributed by atoms with Gasteiger partial charge in [-0.3, -0.25) is 13.9 Å². The third-order valence-corrected chi connectivity index (χ3v) is 8.66. The van der Waals surface area contributed by atoms with Gasteiger partial charge in [0.25, 0.3) is 10.0 Å². The Labute approximate surface area is 249 Å². The Hall–Kier alpha value is -4.05. The van der Waals surface area contributed by atoms with Gasteiger partial charge >= 0.3 is 0 Å². The van der Waals surface area contributed by atoms with Crippen molar-refractivity contribution in [2.24, 2.45) is 0 Å². The molecule has 1 N–H and O–H groups in total. The molecule has 0 spiro atoms. The molecule has 0 aliphatic carbocycles. The number of anilines is 1. The van der Waals surface area contributed by atoms with Gasteiger partial charge in [-0.25, -0.2) is 8.42 Å². The molecule has 0 saturated carbocycles. The van der Waals surface area contributed by atoms with Gasteiger partial charge in [0.2, 0.25) is 11.8 Å². The summed E-state index contributed by atoms with van der Waals surface area (Å²) >= 11 is 0. The summed E-state index contributed by atoms with van der Waals surface area (Å²) in [7, 11) is -1.37. The lowest BCUT2D eigenvalue weighted by molar-refractivity contribution is -0.140. The van der Waals surface area contributed by atoms with Crippen LogP contribution in [-0.4, -0.2) is 58.5 Å². The van der Waals surface area contributed by atoms with E-state index >= 15 is 0 Å². The summed E-state index contributed by atoms with van der Waals surface area (Å²) in [4.78, 5) is 28.7. The lowest BCUT2D eigenvalue weighted by Crippen LogP contribution is -2.52. The fourth-order valence-corrected chi connectivity index (χ4v) is 6.36. The molecule has 0 heterocycles. The van der Waals surface area contributed by atoms with Gasteiger partial charge in [0.1, 0.15) is 12.6 Å². The van der Waals surface area contributed by atoms with Crippen molar-refractivity contribution in [2.45, 2.75) is 58.5 Å². The molecule has 0 aliphatic heterocycles. The highest BCUT2D eigenvalue weighted by molar-refractivity contribution is 7.92. The number of methoxy groups -OCH3 is 2. The summed E-state index contributed by atoms with van der Waals surface area (Å²) in [6.45, 7) is 9.37. The number of aryl methyl sites for hydroxylation is 3. The van der Waals surface area contributed by atoms with Crippen LogP contribution >= 0.6 is 0 Å². The van der Waals surface area contributed by atoms with E-state index in [1.807, 2.05) is 65.0 Å². The van der Waals surface area contributed by atoms with Crippen molar-refractivity contribution in [2.75, 3.05) is 31.6 Å². The molecule has 0 bridgehead atoms. The number of nitrogens with zero attached hydrogens (tertiary/aromatic N) is 2. The Balaban J connectivity index is 2.14. The highest BCUT2D eigenvalue weighted by Gasteiger charge is 2.34. The summed E-state index contributed by atoms with van der Waals surface area (Å²) in [6, 6.07) is 16.6. The van der Waals surface area contributed by atoms with Crippen molar-refractivity contribution in [1.82, 2.24) is 10.2 Å². The summed E-state index contributed by atoms with van der Waals surface area (Å²) in [6.07, 6.45) is 0.357. The number of hydrogen-bond donors (Lipinski definition) is 1. The molecule has 3 rings (SSSR count). The maximum atomic E-state index is 14.2. The molecule has 1 unspecified atom stereocenters. The molecule has 226 valence electrons. The van der Waals surface area contributed by atoms with Gasteiger partial charge in [-0.2, -0.15) is 0 Å². The first-order valence-electron chi connectivity index (χ1n) is 13.9. The summed E-state index contributed by atoms with van der Waals surface area (Å²) in [5.74, 6) is -0.171. The third-order valence-electron chi connectivity index (χ3n) is 6.89. The van der Waals surface area contributed by atoms with E-state index in [0.717, 1.165) is 26.6 Å². The first kappa shape index (κ1) is 32.5. The first-order chi connectivity index (χ1) is 19.9. The predicted molar refractivity (Wildman–Crippen MR) is 164 cm³/mol. The first-order valence-corrected chi connectivity index (χ1v) is 15.3. The molecule has 2 amide bonds. The molecule has 42 heavy (non-hydrogen) atoms. The van der Waals surface area contributed by atoms with Gasteiger partial charge < -0.3 is 19.7 Å². The minimum Gasteiger partial charge on any atom is -0.493 e. The van der Waals surface area contributed by atoms with Crippen LogP contribution in [0.25, 0.3) is 0 Å². The minimum absolute atomic E-state index is 0.0619. The van der Waals surface area contributed by atoms with Crippen LogP contribution in [0.3, 0.4) is 0 Å². The summed E-state index contributed by atoms with van der Waals surface area (Å²) < 4.78 is 40.2. The second-order valence-corrected chi connectivity index (χ2v) is 12.1. The normalized spacial score (nSPS) is 11.9. The monoisotopic (exact) mass is 595 g/mol. The SMILES string of the molecule is CCNC(=O)C(CC)N(Cc1cccc(C)c1)C(=O)CN(c1cc(C)cc(C)c1)S(=O)(=O)c1ccc(OC)c(OC)c1. The number of ether oxygens (including phenoxy) is 2. The lowest BCUT2D eigenvalue weighted by atomic mass is 10.1. The Morgan fingerprint density at radius 3 is 2.10 bits per heavy atom. The second-order valence-electron chi connectivity index (χ2n) is 10.2. The number of rotatable bonds is 13. The van der Waals surface area contributed by atoms with E-state index in [9.17, 15) is 18.0 Å². The van der Waals surface area contributed by atoms with E-state index in [1.54, 1.807) is 12.1 Å². The number of sulfonamides is 1.